The Labute approximate surface area is 108 Å². The van der Waals surface area contributed by atoms with Gasteiger partial charge in [-0.15, -0.1) is 0 Å². The first kappa shape index (κ1) is 13.1. The van der Waals surface area contributed by atoms with E-state index in [1.807, 2.05) is 0 Å². The van der Waals surface area contributed by atoms with Crippen molar-refractivity contribution >= 4 is 23.8 Å². The second-order valence-electron chi connectivity index (χ2n) is 4.49. The van der Waals surface area contributed by atoms with Gasteiger partial charge in [-0.25, -0.2) is 9.59 Å². The standard InChI is InChI=1S/C11H13N3O5/c15-7(1-2-8(16)17)14-5-3-11(4-6-14)9(18)12-10(19)13-11/h1-2H,3-6H2,(H,16,17)(H2,12,13,18,19)/b2-1+. The highest BCUT2D eigenvalue weighted by Gasteiger charge is 2.48. The van der Waals surface area contributed by atoms with Gasteiger partial charge >= 0.3 is 12.0 Å². The molecule has 8 heteroatoms. The minimum atomic E-state index is -1.19. The quantitative estimate of drug-likeness (QED) is 0.430. The average Bonchev–Trinajstić information content (AvgIpc) is 2.62. The highest BCUT2D eigenvalue weighted by Crippen LogP contribution is 2.25. The lowest BCUT2D eigenvalue weighted by Crippen LogP contribution is -2.55. The summed E-state index contributed by atoms with van der Waals surface area (Å²) in [6.45, 7) is 0.576. The van der Waals surface area contributed by atoms with Crippen LogP contribution < -0.4 is 10.6 Å². The van der Waals surface area contributed by atoms with Crippen LogP contribution in [0.25, 0.3) is 0 Å². The number of amides is 4. The lowest BCUT2D eigenvalue weighted by Gasteiger charge is -2.36. The van der Waals surface area contributed by atoms with Gasteiger partial charge in [0.25, 0.3) is 5.91 Å². The first-order chi connectivity index (χ1) is 8.93. The number of likely N-dealkylation sites (tertiary alicyclic amines) is 1. The summed E-state index contributed by atoms with van der Waals surface area (Å²) in [4.78, 5) is 46.2. The minimum absolute atomic E-state index is 0.288. The average molecular weight is 267 g/mol. The molecule has 1 spiro atoms. The van der Waals surface area contributed by atoms with Crippen LogP contribution >= 0.6 is 0 Å². The monoisotopic (exact) mass is 267 g/mol. The Hall–Kier alpha value is -2.38. The molecule has 0 aromatic heterocycles. The van der Waals surface area contributed by atoms with Crippen molar-refractivity contribution in [1.82, 2.24) is 15.5 Å². The highest BCUT2D eigenvalue weighted by atomic mass is 16.4. The third kappa shape index (κ3) is 2.56. The first-order valence-electron chi connectivity index (χ1n) is 5.76. The molecule has 0 radical (unpaired) electrons. The topological polar surface area (TPSA) is 116 Å². The second kappa shape index (κ2) is 4.71. The Bertz CT molecular complexity index is 477. The maximum atomic E-state index is 11.7. The molecule has 3 N–H and O–H groups in total. The molecular weight excluding hydrogens is 254 g/mol. The van der Waals surface area contributed by atoms with Crippen LogP contribution in [0, 0.1) is 0 Å². The number of carbonyl (C=O) groups is 4. The van der Waals surface area contributed by atoms with Gasteiger partial charge in [-0.05, 0) is 12.8 Å². The van der Waals surface area contributed by atoms with E-state index in [9.17, 15) is 19.2 Å². The van der Waals surface area contributed by atoms with Crippen molar-refractivity contribution in [2.45, 2.75) is 18.4 Å². The fraction of sp³-hybridized carbons (Fsp3) is 0.455. The van der Waals surface area contributed by atoms with E-state index >= 15 is 0 Å². The summed E-state index contributed by atoms with van der Waals surface area (Å²) in [7, 11) is 0. The Balaban J connectivity index is 1.96. The summed E-state index contributed by atoms with van der Waals surface area (Å²) in [5.74, 6) is -1.98. The number of rotatable bonds is 2. The van der Waals surface area contributed by atoms with Gasteiger partial charge in [-0.1, -0.05) is 0 Å². The van der Waals surface area contributed by atoms with E-state index in [1.165, 1.54) is 4.90 Å². The number of nitrogens with zero attached hydrogens (tertiary/aromatic N) is 1. The van der Waals surface area contributed by atoms with Crippen LogP contribution in [0.15, 0.2) is 12.2 Å². The molecule has 2 saturated heterocycles. The molecular formula is C11H13N3O5. The summed E-state index contributed by atoms with van der Waals surface area (Å²) in [6, 6.07) is -0.518. The van der Waals surface area contributed by atoms with Gasteiger partial charge < -0.3 is 15.3 Å². The number of urea groups is 1. The van der Waals surface area contributed by atoms with Gasteiger partial charge in [0.1, 0.15) is 5.54 Å². The van der Waals surface area contributed by atoms with Crippen molar-refractivity contribution < 1.29 is 24.3 Å². The Morgan fingerprint density at radius 2 is 1.84 bits per heavy atom. The molecule has 0 aromatic carbocycles. The number of aliphatic carboxylic acids is 1. The van der Waals surface area contributed by atoms with Crippen LogP contribution in [0.5, 0.6) is 0 Å². The van der Waals surface area contributed by atoms with E-state index in [1.54, 1.807) is 0 Å². The van der Waals surface area contributed by atoms with Gasteiger partial charge in [0.15, 0.2) is 0 Å². The van der Waals surface area contributed by atoms with Crippen LogP contribution in [0.2, 0.25) is 0 Å². The number of hydrogen-bond donors (Lipinski definition) is 3. The SMILES string of the molecule is O=C(O)/C=C/C(=O)N1CCC2(CC1)NC(=O)NC2=O. The van der Waals surface area contributed by atoms with Crippen molar-refractivity contribution in [3.8, 4) is 0 Å². The smallest absolute Gasteiger partial charge is 0.328 e. The summed E-state index contributed by atoms with van der Waals surface area (Å²) in [6.07, 6.45) is 2.39. The molecule has 4 amide bonds. The molecule has 2 aliphatic rings. The predicted octanol–water partition coefficient (Wildman–Crippen LogP) is -1.17. The highest BCUT2D eigenvalue weighted by molar-refractivity contribution is 6.07. The van der Waals surface area contributed by atoms with E-state index in [-0.39, 0.29) is 19.0 Å². The number of carbonyl (C=O) groups excluding carboxylic acids is 3. The third-order valence-electron chi connectivity index (χ3n) is 3.31. The van der Waals surface area contributed by atoms with Gasteiger partial charge in [0.05, 0.1) is 0 Å². The van der Waals surface area contributed by atoms with Crippen LogP contribution in [0.1, 0.15) is 12.8 Å². The van der Waals surface area contributed by atoms with Crippen molar-refractivity contribution in [1.29, 1.82) is 0 Å². The molecule has 0 unspecified atom stereocenters. The molecule has 0 aliphatic carbocycles. The van der Waals surface area contributed by atoms with Gasteiger partial charge in [0.2, 0.25) is 5.91 Å². The molecule has 0 atom stereocenters. The largest absolute Gasteiger partial charge is 0.478 e. The summed E-state index contributed by atoms with van der Waals surface area (Å²) in [5.41, 5.74) is -0.926. The summed E-state index contributed by atoms with van der Waals surface area (Å²) >= 11 is 0. The van der Waals surface area contributed by atoms with Crippen molar-refractivity contribution in [2.75, 3.05) is 13.1 Å². The number of carboxylic acid groups (broad SMARTS) is 1. The fourth-order valence-electron chi connectivity index (χ4n) is 2.24. The van der Waals surface area contributed by atoms with E-state index in [0.29, 0.717) is 12.8 Å². The molecule has 8 nitrogen and oxygen atoms in total. The molecule has 2 fully saturated rings. The van der Waals surface area contributed by atoms with Crippen LogP contribution in [0.4, 0.5) is 4.79 Å². The zero-order valence-electron chi connectivity index (χ0n) is 10.0. The van der Waals surface area contributed by atoms with Gasteiger partial charge in [0, 0.05) is 25.2 Å². The van der Waals surface area contributed by atoms with E-state index < -0.39 is 23.4 Å². The maximum absolute atomic E-state index is 11.7. The fourth-order valence-corrected chi connectivity index (χ4v) is 2.24. The Morgan fingerprint density at radius 3 is 2.32 bits per heavy atom. The normalized spacial score (nSPS) is 21.6. The minimum Gasteiger partial charge on any atom is -0.478 e. The molecule has 2 heterocycles. The number of carboxylic acids is 1. The van der Waals surface area contributed by atoms with Crippen molar-refractivity contribution in [3.63, 3.8) is 0 Å². The predicted molar refractivity (Wildman–Crippen MR) is 62.0 cm³/mol. The molecule has 2 rings (SSSR count). The van der Waals surface area contributed by atoms with Crippen molar-refractivity contribution in [3.05, 3.63) is 12.2 Å². The number of nitrogens with one attached hydrogen (secondary N) is 2. The lowest BCUT2D eigenvalue weighted by molar-refractivity contribution is -0.133. The summed E-state index contributed by atoms with van der Waals surface area (Å²) < 4.78 is 0. The van der Waals surface area contributed by atoms with Crippen LogP contribution in [0.3, 0.4) is 0 Å². The maximum Gasteiger partial charge on any atom is 0.328 e. The lowest BCUT2D eigenvalue weighted by atomic mass is 9.87. The molecule has 2 aliphatic heterocycles. The number of imide groups is 1. The third-order valence-corrected chi connectivity index (χ3v) is 3.31. The molecule has 0 saturated carbocycles. The molecule has 102 valence electrons. The molecule has 0 aromatic rings. The van der Waals surface area contributed by atoms with E-state index in [2.05, 4.69) is 10.6 Å². The van der Waals surface area contributed by atoms with Crippen molar-refractivity contribution in [2.24, 2.45) is 0 Å². The first-order valence-corrected chi connectivity index (χ1v) is 5.76. The van der Waals surface area contributed by atoms with Crippen LogP contribution in [-0.2, 0) is 14.4 Å². The Kier molecular flexibility index (Phi) is 3.24. The van der Waals surface area contributed by atoms with E-state index in [0.717, 1.165) is 12.2 Å². The second-order valence-corrected chi connectivity index (χ2v) is 4.49. The zero-order chi connectivity index (χ0) is 14.0. The van der Waals surface area contributed by atoms with Crippen LogP contribution in [-0.4, -0.2) is 52.4 Å². The zero-order valence-corrected chi connectivity index (χ0v) is 10.0. The van der Waals surface area contributed by atoms with E-state index in [4.69, 9.17) is 5.11 Å². The molecule has 0 bridgehead atoms. The number of hydrogen-bond acceptors (Lipinski definition) is 4. The van der Waals surface area contributed by atoms with Gasteiger partial charge in [-0.3, -0.25) is 14.9 Å². The number of piperidine rings is 1. The summed E-state index contributed by atoms with van der Waals surface area (Å²) in [5, 5.41) is 13.2. The van der Waals surface area contributed by atoms with Gasteiger partial charge in [-0.2, -0.15) is 0 Å². The Morgan fingerprint density at radius 1 is 1.21 bits per heavy atom. The molecule has 19 heavy (non-hydrogen) atoms.